The predicted octanol–water partition coefficient (Wildman–Crippen LogP) is 2.93. The molecule has 1 heterocycles. The van der Waals surface area contributed by atoms with Crippen LogP contribution in [0.1, 0.15) is 17.5 Å². The molecule has 0 bridgehead atoms. The maximum absolute atomic E-state index is 12.4. The van der Waals surface area contributed by atoms with Gasteiger partial charge in [0.1, 0.15) is 13.2 Å². The van der Waals surface area contributed by atoms with Crippen LogP contribution in [0.3, 0.4) is 0 Å². The molecule has 0 fully saturated rings. The van der Waals surface area contributed by atoms with Crippen LogP contribution in [-0.4, -0.2) is 31.6 Å². The van der Waals surface area contributed by atoms with E-state index in [0.717, 1.165) is 29.8 Å². The van der Waals surface area contributed by atoms with Crippen molar-refractivity contribution in [2.45, 2.75) is 19.8 Å². The Hall–Kier alpha value is -2.66. The highest BCUT2D eigenvalue weighted by molar-refractivity contribution is 5.96. The SMILES string of the molecule is Cc1cccc(NC(=O)COCC(=O)N2CCCc3ccccc32)c1. The zero-order chi connectivity index (χ0) is 17.6. The van der Waals surface area contributed by atoms with Crippen LogP contribution in [0.5, 0.6) is 0 Å². The van der Waals surface area contributed by atoms with E-state index in [1.54, 1.807) is 4.90 Å². The van der Waals surface area contributed by atoms with Crippen LogP contribution in [0, 0.1) is 6.92 Å². The number of carbonyl (C=O) groups is 2. The third-order valence-electron chi connectivity index (χ3n) is 4.17. The second-order valence-electron chi connectivity index (χ2n) is 6.19. The standard InChI is InChI=1S/C20H22N2O3/c1-15-6-4-9-17(12-15)21-19(23)13-25-14-20(24)22-11-5-8-16-7-2-3-10-18(16)22/h2-4,6-7,9-10,12H,5,8,11,13-14H2,1H3,(H,21,23). The third kappa shape index (κ3) is 4.45. The maximum atomic E-state index is 12.4. The molecule has 0 saturated heterocycles. The van der Waals surface area contributed by atoms with Crippen LogP contribution in [0.4, 0.5) is 11.4 Å². The fraction of sp³-hybridized carbons (Fsp3) is 0.300. The van der Waals surface area contributed by atoms with Crippen molar-refractivity contribution in [1.82, 2.24) is 0 Å². The Labute approximate surface area is 147 Å². The fourth-order valence-electron chi connectivity index (χ4n) is 3.02. The number of hydrogen-bond acceptors (Lipinski definition) is 3. The molecule has 0 atom stereocenters. The lowest BCUT2D eigenvalue weighted by atomic mass is 10.0. The van der Waals surface area contributed by atoms with Crippen molar-refractivity contribution in [1.29, 1.82) is 0 Å². The summed E-state index contributed by atoms with van der Waals surface area (Å²) in [5.74, 6) is -0.382. The number of ether oxygens (including phenoxy) is 1. The largest absolute Gasteiger partial charge is 0.362 e. The van der Waals surface area contributed by atoms with Crippen molar-refractivity contribution in [3.8, 4) is 0 Å². The van der Waals surface area contributed by atoms with E-state index in [-0.39, 0.29) is 25.0 Å². The summed E-state index contributed by atoms with van der Waals surface area (Å²) in [6.07, 6.45) is 1.93. The molecule has 0 saturated carbocycles. The summed E-state index contributed by atoms with van der Waals surface area (Å²) in [6.45, 7) is 2.40. The average molecular weight is 338 g/mol. The van der Waals surface area contributed by atoms with Crippen LogP contribution in [0.15, 0.2) is 48.5 Å². The molecular weight excluding hydrogens is 316 g/mol. The molecule has 1 N–H and O–H groups in total. The first-order chi connectivity index (χ1) is 12.1. The van der Waals surface area contributed by atoms with Gasteiger partial charge in [-0.3, -0.25) is 9.59 Å². The third-order valence-corrected chi connectivity index (χ3v) is 4.17. The van der Waals surface area contributed by atoms with Crippen molar-refractivity contribution in [3.63, 3.8) is 0 Å². The summed E-state index contributed by atoms with van der Waals surface area (Å²) in [5.41, 5.74) is 3.92. The second kappa shape index (κ2) is 7.94. The maximum Gasteiger partial charge on any atom is 0.253 e. The van der Waals surface area contributed by atoms with E-state index >= 15 is 0 Å². The first-order valence-electron chi connectivity index (χ1n) is 8.46. The van der Waals surface area contributed by atoms with Gasteiger partial charge in [-0.15, -0.1) is 0 Å². The minimum Gasteiger partial charge on any atom is -0.362 e. The molecule has 1 aliphatic rings. The molecule has 2 amide bonds. The highest BCUT2D eigenvalue weighted by atomic mass is 16.5. The average Bonchev–Trinajstić information content (AvgIpc) is 2.61. The quantitative estimate of drug-likeness (QED) is 0.912. The van der Waals surface area contributed by atoms with E-state index in [1.807, 2.05) is 55.5 Å². The van der Waals surface area contributed by atoms with Gasteiger partial charge in [-0.05, 0) is 49.1 Å². The van der Waals surface area contributed by atoms with Crippen molar-refractivity contribution in [3.05, 3.63) is 59.7 Å². The molecule has 5 nitrogen and oxygen atoms in total. The number of fused-ring (bicyclic) bond motifs is 1. The zero-order valence-corrected chi connectivity index (χ0v) is 14.3. The lowest BCUT2D eigenvalue weighted by Gasteiger charge is -2.29. The van der Waals surface area contributed by atoms with Crippen molar-refractivity contribution >= 4 is 23.2 Å². The van der Waals surface area contributed by atoms with Gasteiger partial charge < -0.3 is 15.0 Å². The number of aryl methyl sites for hydroxylation is 2. The molecule has 0 radical (unpaired) electrons. The Morgan fingerprint density at radius 2 is 1.96 bits per heavy atom. The van der Waals surface area contributed by atoms with Gasteiger partial charge in [-0.1, -0.05) is 30.3 Å². The van der Waals surface area contributed by atoms with Gasteiger partial charge >= 0.3 is 0 Å². The van der Waals surface area contributed by atoms with Crippen LogP contribution >= 0.6 is 0 Å². The first kappa shape index (κ1) is 17.2. The van der Waals surface area contributed by atoms with E-state index in [2.05, 4.69) is 5.32 Å². The molecule has 5 heteroatoms. The zero-order valence-electron chi connectivity index (χ0n) is 14.3. The van der Waals surface area contributed by atoms with Crippen molar-refractivity contribution < 1.29 is 14.3 Å². The smallest absolute Gasteiger partial charge is 0.253 e. The number of nitrogens with one attached hydrogen (secondary N) is 1. The van der Waals surface area contributed by atoms with E-state index in [4.69, 9.17) is 4.74 Å². The van der Waals surface area contributed by atoms with Gasteiger partial charge in [0.05, 0.1) is 0 Å². The number of carbonyl (C=O) groups excluding carboxylic acids is 2. The molecule has 25 heavy (non-hydrogen) atoms. The van der Waals surface area contributed by atoms with E-state index in [1.165, 1.54) is 5.56 Å². The summed E-state index contributed by atoms with van der Waals surface area (Å²) in [7, 11) is 0. The van der Waals surface area contributed by atoms with Gasteiger partial charge in [0.25, 0.3) is 5.91 Å². The van der Waals surface area contributed by atoms with Crippen LogP contribution in [0.25, 0.3) is 0 Å². The second-order valence-corrected chi connectivity index (χ2v) is 6.19. The lowest BCUT2D eigenvalue weighted by molar-refractivity contribution is -0.127. The van der Waals surface area contributed by atoms with Crippen molar-refractivity contribution in [2.24, 2.45) is 0 Å². The number of hydrogen-bond donors (Lipinski definition) is 1. The number of benzene rings is 2. The summed E-state index contributed by atoms with van der Waals surface area (Å²) in [6, 6.07) is 15.5. The molecule has 0 spiro atoms. The number of rotatable bonds is 5. The Morgan fingerprint density at radius 3 is 2.80 bits per heavy atom. The Morgan fingerprint density at radius 1 is 1.12 bits per heavy atom. The van der Waals surface area contributed by atoms with Gasteiger partial charge in [0, 0.05) is 17.9 Å². The number of anilines is 2. The molecule has 0 unspecified atom stereocenters. The predicted molar refractivity (Wildman–Crippen MR) is 97.7 cm³/mol. The molecule has 130 valence electrons. The van der Waals surface area contributed by atoms with Gasteiger partial charge in [-0.2, -0.15) is 0 Å². The minimum atomic E-state index is -0.266. The van der Waals surface area contributed by atoms with E-state index in [9.17, 15) is 9.59 Å². The summed E-state index contributed by atoms with van der Waals surface area (Å²) in [4.78, 5) is 26.1. The van der Waals surface area contributed by atoms with Gasteiger partial charge in [0.15, 0.2) is 0 Å². The first-order valence-corrected chi connectivity index (χ1v) is 8.46. The molecule has 2 aromatic rings. The molecule has 0 aromatic heterocycles. The Kier molecular flexibility index (Phi) is 5.46. The van der Waals surface area contributed by atoms with Crippen LogP contribution in [-0.2, 0) is 20.7 Å². The van der Waals surface area contributed by atoms with E-state index in [0.29, 0.717) is 6.54 Å². The lowest BCUT2D eigenvalue weighted by Crippen LogP contribution is -2.38. The normalized spacial score (nSPS) is 13.2. The number of nitrogens with zero attached hydrogens (tertiary/aromatic N) is 1. The minimum absolute atomic E-state index is 0.102. The molecular formula is C20H22N2O3. The molecule has 3 rings (SSSR count). The Bertz CT molecular complexity index is 773. The summed E-state index contributed by atoms with van der Waals surface area (Å²) < 4.78 is 5.32. The molecule has 0 aliphatic carbocycles. The Balaban J connectivity index is 1.49. The van der Waals surface area contributed by atoms with Gasteiger partial charge in [-0.25, -0.2) is 0 Å². The van der Waals surface area contributed by atoms with Crippen molar-refractivity contribution in [2.75, 3.05) is 30.0 Å². The van der Waals surface area contributed by atoms with Gasteiger partial charge in [0.2, 0.25) is 5.91 Å². The summed E-state index contributed by atoms with van der Waals surface area (Å²) in [5, 5.41) is 2.76. The monoisotopic (exact) mass is 338 g/mol. The molecule has 1 aliphatic heterocycles. The summed E-state index contributed by atoms with van der Waals surface area (Å²) >= 11 is 0. The fourth-order valence-corrected chi connectivity index (χ4v) is 3.02. The topological polar surface area (TPSA) is 58.6 Å². The highest BCUT2D eigenvalue weighted by Gasteiger charge is 2.22. The van der Waals surface area contributed by atoms with Crippen LogP contribution in [0.2, 0.25) is 0 Å². The van der Waals surface area contributed by atoms with E-state index < -0.39 is 0 Å². The molecule has 2 aromatic carbocycles. The number of para-hydroxylation sites is 1. The number of amides is 2. The van der Waals surface area contributed by atoms with Crippen LogP contribution < -0.4 is 10.2 Å². The highest BCUT2D eigenvalue weighted by Crippen LogP contribution is 2.26.